The van der Waals surface area contributed by atoms with Gasteiger partial charge in [0.05, 0.1) is 20.3 Å². The number of hydrogen-bond donors (Lipinski definition) is 0. The van der Waals surface area contributed by atoms with Gasteiger partial charge in [0.25, 0.3) is 0 Å². The van der Waals surface area contributed by atoms with E-state index in [4.69, 9.17) is 9.47 Å². The molecule has 0 atom stereocenters. The molecule has 0 radical (unpaired) electrons. The third-order valence-electron chi connectivity index (χ3n) is 2.59. The topological polar surface area (TPSA) is 84.9 Å². The van der Waals surface area contributed by atoms with Gasteiger partial charge in [-0.15, -0.1) is 0 Å². The third-order valence-corrected chi connectivity index (χ3v) is 2.59. The minimum absolute atomic E-state index is 0.0217. The van der Waals surface area contributed by atoms with E-state index in [2.05, 4.69) is 4.74 Å². The van der Waals surface area contributed by atoms with Crippen molar-refractivity contribution < 1.29 is 28.4 Å². The average Bonchev–Trinajstić information content (AvgIpc) is 2.36. The van der Waals surface area contributed by atoms with Crippen LogP contribution in [0.2, 0.25) is 0 Å². The Morgan fingerprint density at radius 1 is 1.28 bits per heavy atom. The van der Waals surface area contributed by atoms with Crippen molar-refractivity contribution in [2.45, 2.75) is 0 Å². The first-order valence-electron chi connectivity index (χ1n) is 5.63. The van der Waals surface area contributed by atoms with Gasteiger partial charge in [0.1, 0.15) is 26.2 Å². The monoisotopic (exact) mass is 259 g/mol. The summed E-state index contributed by atoms with van der Waals surface area (Å²) >= 11 is 0. The summed E-state index contributed by atoms with van der Waals surface area (Å²) < 4.78 is 13.8. The van der Waals surface area contributed by atoms with Crippen molar-refractivity contribution in [2.24, 2.45) is 0 Å². The van der Waals surface area contributed by atoms with E-state index in [1.54, 1.807) is 0 Å². The highest BCUT2D eigenvalue weighted by atomic mass is 16.6. The number of hydroxylamine groups is 3. The molecule has 1 aliphatic heterocycles. The lowest BCUT2D eigenvalue weighted by Gasteiger charge is -2.44. The largest absolute Gasteiger partial charge is 0.633 e. The Labute approximate surface area is 105 Å². The van der Waals surface area contributed by atoms with Crippen LogP contribution in [-0.2, 0) is 23.8 Å². The first kappa shape index (κ1) is 14.6. The number of esters is 2. The van der Waals surface area contributed by atoms with E-state index in [9.17, 15) is 14.8 Å². The molecule has 0 aromatic heterocycles. The molecule has 0 saturated carbocycles. The molecular weight excluding hydrogens is 242 g/mol. The molecule has 0 aromatic rings. The number of quaternary nitrogens is 1. The summed E-state index contributed by atoms with van der Waals surface area (Å²) in [4.78, 5) is 21.9. The second-order valence-electron chi connectivity index (χ2n) is 3.87. The first-order valence-corrected chi connectivity index (χ1v) is 5.63. The average molecular weight is 259 g/mol. The summed E-state index contributed by atoms with van der Waals surface area (Å²) in [5.41, 5.74) is 0. The molecule has 7 nitrogen and oxygen atoms in total. The summed E-state index contributed by atoms with van der Waals surface area (Å²) in [6.45, 7) is 1.82. The van der Waals surface area contributed by atoms with Gasteiger partial charge in [-0.3, -0.25) is 0 Å². The third kappa shape index (κ3) is 5.26. The summed E-state index contributed by atoms with van der Waals surface area (Å²) in [5.74, 6) is -1.30. The molecule has 18 heavy (non-hydrogen) atoms. The molecular formula is C11H17NO6. The lowest BCUT2D eigenvalue weighted by atomic mass is 10.4. The number of ether oxygens (including phenoxy) is 3. The highest BCUT2D eigenvalue weighted by Gasteiger charge is 2.21. The normalized spacial score (nSPS) is 18.6. The molecule has 0 unspecified atom stereocenters. The van der Waals surface area contributed by atoms with Crippen molar-refractivity contribution >= 4 is 11.9 Å². The van der Waals surface area contributed by atoms with E-state index in [0.717, 1.165) is 12.2 Å². The fraction of sp³-hybridized carbons (Fsp3) is 0.636. The highest BCUT2D eigenvalue weighted by molar-refractivity contribution is 5.91. The highest BCUT2D eigenvalue weighted by Crippen LogP contribution is 2.08. The first-order chi connectivity index (χ1) is 8.56. The molecule has 1 aliphatic rings. The molecule has 1 heterocycles. The van der Waals surface area contributed by atoms with Crippen LogP contribution >= 0.6 is 0 Å². The van der Waals surface area contributed by atoms with E-state index >= 15 is 0 Å². The number of rotatable bonds is 5. The molecule has 0 aliphatic carbocycles. The number of carbonyl (C=O) groups excluding carboxylic acids is 2. The lowest BCUT2D eigenvalue weighted by molar-refractivity contribution is -0.888. The Morgan fingerprint density at radius 2 is 1.89 bits per heavy atom. The zero-order valence-electron chi connectivity index (χ0n) is 10.3. The number of hydrogen-bond acceptors (Lipinski definition) is 6. The second-order valence-corrected chi connectivity index (χ2v) is 3.87. The second kappa shape index (κ2) is 7.10. The Hall–Kier alpha value is -1.44. The summed E-state index contributed by atoms with van der Waals surface area (Å²) in [5, 5.41) is 12.0. The summed E-state index contributed by atoms with van der Waals surface area (Å²) in [7, 11) is 1.21. The molecule has 0 spiro atoms. The van der Waals surface area contributed by atoms with Gasteiger partial charge in [0.15, 0.2) is 0 Å². The minimum Gasteiger partial charge on any atom is -0.633 e. The lowest BCUT2D eigenvalue weighted by Crippen LogP contribution is -2.52. The van der Waals surface area contributed by atoms with Crippen LogP contribution in [0.1, 0.15) is 0 Å². The molecule has 102 valence electrons. The van der Waals surface area contributed by atoms with E-state index in [0.29, 0.717) is 26.3 Å². The summed E-state index contributed by atoms with van der Waals surface area (Å²) in [6.07, 6.45) is 1.94. The van der Waals surface area contributed by atoms with Crippen molar-refractivity contribution in [3.8, 4) is 0 Å². The SMILES string of the molecule is COC(=O)/C=C/C(=O)OCC[N+]1([O-])CCOCC1. The molecule has 7 heteroatoms. The standard InChI is InChI=1S/C11H17NO6/c1-16-10(13)2-3-11(14)18-9-6-12(15)4-7-17-8-5-12/h2-3H,4-9H2,1H3/b3-2+. The Morgan fingerprint density at radius 3 is 2.50 bits per heavy atom. The van der Waals surface area contributed by atoms with Gasteiger partial charge < -0.3 is 24.1 Å². The maximum absolute atomic E-state index is 12.0. The van der Waals surface area contributed by atoms with Gasteiger partial charge in [0.2, 0.25) is 0 Å². The van der Waals surface area contributed by atoms with Crippen LogP contribution < -0.4 is 0 Å². The van der Waals surface area contributed by atoms with Crippen molar-refractivity contribution in [2.75, 3.05) is 46.6 Å². The number of nitrogens with zero attached hydrogens (tertiary/aromatic N) is 1. The fourth-order valence-corrected chi connectivity index (χ4v) is 1.46. The molecule has 0 bridgehead atoms. The quantitative estimate of drug-likeness (QED) is 0.289. The van der Waals surface area contributed by atoms with Crippen LogP contribution in [0.5, 0.6) is 0 Å². The Kier molecular flexibility index (Phi) is 5.76. The van der Waals surface area contributed by atoms with E-state index in [1.165, 1.54) is 7.11 Å². The zero-order valence-corrected chi connectivity index (χ0v) is 10.3. The molecule has 1 fully saturated rings. The van der Waals surface area contributed by atoms with Crippen molar-refractivity contribution in [1.82, 2.24) is 0 Å². The van der Waals surface area contributed by atoms with Crippen LogP contribution in [0.15, 0.2) is 12.2 Å². The number of carbonyl (C=O) groups is 2. The van der Waals surface area contributed by atoms with Crippen LogP contribution in [0, 0.1) is 5.21 Å². The van der Waals surface area contributed by atoms with Gasteiger partial charge in [-0.25, -0.2) is 9.59 Å². The maximum atomic E-state index is 12.0. The van der Waals surface area contributed by atoms with Gasteiger partial charge >= 0.3 is 11.9 Å². The van der Waals surface area contributed by atoms with Crippen molar-refractivity contribution in [1.29, 1.82) is 0 Å². The molecule has 1 rings (SSSR count). The smallest absolute Gasteiger partial charge is 0.331 e. The van der Waals surface area contributed by atoms with Gasteiger partial charge in [-0.05, 0) is 0 Å². The van der Waals surface area contributed by atoms with Crippen LogP contribution in [0.25, 0.3) is 0 Å². The molecule has 0 N–H and O–H groups in total. The number of methoxy groups -OCH3 is 1. The zero-order chi connectivity index (χ0) is 13.4. The van der Waals surface area contributed by atoms with Crippen molar-refractivity contribution in [3.05, 3.63) is 17.4 Å². The van der Waals surface area contributed by atoms with E-state index in [-0.39, 0.29) is 13.2 Å². The maximum Gasteiger partial charge on any atom is 0.331 e. The van der Waals surface area contributed by atoms with Gasteiger partial charge in [-0.1, -0.05) is 0 Å². The predicted molar refractivity (Wildman–Crippen MR) is 61.2 cm³/mol. The summed E-state index contributed by atoms with van der Waals surface area (Å²) in [6, 6.07) is 0. The molecule has 1 saturated heterocycles. The van der Waals surface area contributed by atoms with Crippen LogP contribution in [-0.4, -0.2) is 63.1 Å². The van der Waals surface area contributed by atoms with Gasteiger partial charge in [0, 0.05) is 12.2 Å². The van der Waals surface area contributed by atoms with Crippen LogP contribution in [0.3, 0.4) is 0 Å². The van der Waals surface area contributed by atoms with Crippen molar-refractivity contribution in [3.63, 3.8) is 0 Å². The van der Waals surface area contributed by atoms with Gasteiger partial charge in [-0.2, -0.15) is 0 Å². The predicted octanol–water partition coefficient (Wildman–Crippen LogP) is -0.396. The Balaban J connectivity index is 2.22. The van der Waals surface area contributed by atoms with E-state index in [1.807, 2.05) is 0 Å². The molecule has 0 amide bonds. The minimum atomic E-state index is -0.666. The Bertz CT molecular complexity index is 321. The van der Waals surface area contributed by atoms with E-state index < -0.39 is 16.6 Å². The molecule has 0 aromatic carbocycles. The number of morpholine rings is 1. The fourth-order valence-electron chi connectivity index (χ4n) is 1.46. The van der Waals surface area contributed by atoms with Crippen LogP contribution in [0.4, 0.5) is 0 Å².